The number of aromatic nitrogens is 1. The van der Waals surface area contributed by atoms with Gasteiger partial charge in [-0.3, -0.25) is 0 Å². The summed E-state index contributed by atoms with van der Waals surface area (Å²) in [7, 11) is 1.69. The lowest BCUT2D eigenvalue weighted by Crippen LogP contribution is -2.35. The maximum absolute atomic E-state index is 11.8. The average molecular weight is 300 g/mol. The van der Waals surface area contributed by atoms with Crippen LogP contribution in [-0.4, -0.2) is 43.9 Å². The lowest BCUT2D eigenvalue weighted by molar-refractivity contribution is 0.0519. The third-order valence-corrected chi connectivity index (χ3v) is 4.17. The maximum atomic E-state index is 11.8. The zero-order chi connectivity index (χ0) is 15.1. The van der Waals surface area contributed by atoms with Crippen molar-refractivity contribution in [1.29, 1.82) is 0 Å². The predicted octanol–water partition coefficient (Wildman–Crippen LogP) is 2.88. The van der Waals surface area contributed by atoms with Crippen LogP contribution in [0.4, 0.5) is 5.13 Å². The molecule has 0 spiro atoms. The highest BCUT2D eigenvalue weighted by Crippen LogP contribution is 2.28. The number of nitrogens with zero attached hydrogens (tertiary/aromatic N) is 2. The highest BCUT2D eigenvalue weighted by Gasteiger charge is 2.22. The summed E-state index contributed by atoms with van der Waals surface area (Å²) in [6.07, 6.45) is 1.01. The molecule has 1 heterocycles. The Kier molecular flexibility index (Phi) is 6.95. The number of esters is 1. The van der Waals surface area contributed by atoms with Crippen molar-refractivity contribution in [2.75, 3.05) is 31.8 Å². The molecule has 1 rings (SSSR count). The van der Waals surface area contributed by atoms with Crippen LogP contribution >= 0.6 is 11.3 Å². The summed E-state index contributed by atoms with van der Waals surface area (Å²) in [6.45, 7) is 9.75. The average Bonchev–Trinajstić information content (AvgIpc) is 2.81. The summed E-state index contributed by atoms with van der Waals surface area (Å²) in [5, 5.41) is 0.858. The van der Waals surface area contributed by atoms with Crippen molar-refractivity contribution in [3.63, 3.8) is 0 Å². The molecule has 114 valence electrons. The number of anilines is 1. The molecule has 1 unspecified atom stereocenters. The number of carbonyl (C=O) groups excluding carboxylic acids is 1. The molecular weight excluding hydrogens is 276 g/mol. The Morgan fingerprint density at radius 2 is 2.15 bits per heavy atom. The van der Waals surface area contributed by atoms with Crippen molar-refractivity contribution in [3.05, 3.63) is 10.6 Å². The van der Waals surface area contributed by atoms with Crippen LogP contribution in [0, 0.1) is 6.92 Å². The van der Waals surface area contributed by atoms with Gasteiger partial charge in [0.15, 0.2) is 10.8 Å². The van der Waals surface area contributed by atoms with Crippen LogP contribution in [0.2, 0.25) is 0 Å². The summed E-state index contributed by atoms with van der Waals surface area (Å²) >= 11 is 1.53. The second-order valence-corrected chi connectivity index (χ2v) is 5.75. The number of thiazole rings is 1. The fraction of sp³-hybridized carbons (Fsp3) is 0.714. The number of hydrogen-bond acceptors (Lipinski definition) is 6. The van der Waals surface area contributed by atoms with Gasteiger partial charge in [0.2, 0.25) is 0 Å². The van der Waals surface area contributed by atoms with E-state index in [1.807, 2.05) is 6.92 Å². The Labute approximate surface area is 124 Å². The molecule has 0 aliphatic rings. The molecule has 1 aromatic rings. The molecule has 0 aliphatic carbocycles. The highest BCUT2D eigenvalue weighted by molar-refractivity contribution is 7.15. The van der Waals surface area contributed by atoms with Crippen molar-refractivity contribution >= 4 is 22.4 Å². The van der Waals surface area contributed by atoms with E-state index in [9.17, 15) is 4.79 Å². The lowest BCUT2D eigenvalue weighted by atomic mass is 10.2. The van der Waals surface area contributed by atoms with Gasteiger partial charge in [-0.1, -0.05) is 6.92 Å². The van der Waals surface area contributed by atoms with Gasteiger partial charge in [-0.15, -0.1) is 11.3 Å². The summed E-state index contributed by atoms with van der Waals surface area (Å²) in [4.78, 5) is 19.4. The minimum absolute atomic E-state index is 0.344. The Morgan fingerprint density at radius 1 is 1.45 bits per heavy atom. The maximum Gasteiger partial charge on any atom is 0.358 e. The van der Waals surface area contributed by atoms with E-state index in [-0.39, 0.29) is 5.97 Å². The number of ether oxygens (including phenoxy) is 2. The first-order chi connectivity index (χ1) is 9.54. The standard InChI is InChI=1S/C14H24N2O3S/c1-6-10(3)16(8-9-18-5)14-15-12(11(4)20-14)13(17)19-7-2/h10H,6-9H2,1-5H3. The van der Waals surface area contributed by atoms with E-state index in [1.54, 1.807) is 14.0 Å². The third kappa shape index (κ3) is 4.18. The van der Waals surface area contributed by atoms with E-state index in [4.69, 9.17) is 9.47 Å². The van der Waals surface area contributed by atoms with Crippen molar-refractivity contribution in [2.45, 2.75) is 40.2 Å². The van der Waals surface area contributed by atoms with Gasteiger partial charge in [0.25, 0.3) is 0 Å². The van der Waals surface area contributed by atoms with Crippen molar-refractivity contribution in [2.24, 2.45) is 0 Å². The summed E-state index contributed by atoms with van der Waals surface area (Å²) in [5.41, 5.74) is 0.428. The Bertz CT molecular complexity index is 434. The zero-order valence-corrected chi connectivity index (χ0v) is 13.7. The second-order valence-electron chi connectivity index (χ2n) is 4.57. The summed E-state index contributed by atoms with van der Waals surface area (Å²) in [6, 6.07) is 0.353. The molecule has 0 amide bonds. The molecule has 0 saturated carbocycles. The molecule has 0 radical (unpaired) electrons. The van der Waals surface area contributed by atoms with Crippen molar-refractivity contribution in [1.82, 2.24) is 4.98 Å². The fourth-order valence-electron chi connectivity index (χ4n) is 1.81. The second kappa shape index (κ2) is 8.21. The normalized spacial score (nSPS) is 12.2. The van der Waals surface area contributed by atoms with Gasteiger partial charge in [-0.05, 0) is 27.2 Å². The first-order valence-corrected chi connectivity index (χ1v) is 7.76. The van der Waals surface area contributed by atoms with E-state index >= 15 is 0 Å². The molecule has 1 atom stereocenters. The van der Waals surface area contributed by atoms with Crippen molar-refractivity contribution in [3.8, 4) is 0 Å². The molecule has 20 heavy (non-hydrogen) atoms. The fourth-order valence-corrected chi connectivity index (χ4v) is 2.83. The van der Waals surface area contributed by atoms with E-state index in [0.29, 0.717) is 24.9 Å². The molecule has 6 heteroatoms. The van der Waals surface area contributed by atoms with Crippen molar-refractivity contribution < 1.29 is 14.3 Å². The molecule has 0 fully saturated rings. The van der Waals surface area contributed by atoms with Crippen LogP contribution in [0.25, 0.3) is 0 Å². The van der Waals surface area contributed by atoms with E-state index in [0.717, 1.165) is 23.0 Å². The molecule has 0 N–H and O–H groups in total. The Balaban J connectivity index is 2.96. The molecule has 1 aromatic heterocycles. The minimum atomic E-state index is -0.344. The quantitative estimate of drug-likeness (QED) is 0.691. The van der Waals surface area contributed by atoms with E-state index in [2.05, 4.69) is 23.7 Å². The van der Waals surface area contributed by atoms with Crippen LogP contribution in [0.3, 0.4) is 0 Å². The first kappa shape index (κ1) is 16.9. The van der Waals surface area contributed by atoms with Gasteiger partial charge < -0.3 is 14.4 Å². The Morgan fingerprint density at radius 3 is 2.70 bits per heavy atom. The molecule has 0 aliphatic heterocycles. The van der Waals surface area contributed by atoms with E-state index in [1.165, 1.54) is 11.3 Å². The number of hydrogen-bond donors (Lipinski definition) is 0. The lowest BCUT2D eigenvalue weighted by Gasteiger charge is -2.27. The van der Waals surface area contributed by atoms with Gasteiger partial charge in [0.05, 0.1) is 13.2 Å². The molecule has 0 saturated heterocycles. The first-order valence-electron chi connectivity index (χ1n) is 6.95. The van der Waals surface area contributed by atoms with E-state index < -0.39 is 0 Å². The molecule has 0 aromatic carbocycles. The van der Waals surface area contributed by atoms with Crippen LogP contribution in [-0.2, 0) is 9.47 Å². The number of aryl methyl sites for hydroxylation is 1. The third-order valence-electron chi connectivity index (χ3n) is 3.16. The molecule has 5 nitrogen and oxygen atoms in total. The summed E-state index contributed by atoms with van der Waals surface area (Å²) < 4.78 is 10.2. The molecular formula is C14H24N2O3S. The number of methoxy groups -OCH3 is 1. The Hall–Kier alpha value is -1.14. The van der Waals surface area contributed by atoms with Crippen LogP contribution < -0.4 is 4.90 Å². The minimum Gasteiger partial charge on any atom is -0.461 e. The smallest absolute Gasteiger partial charge is 0.358 e. The van der Waals surface area contributed by atoms with Gasteiger partial charge in [0.1, 0.15) is 0 Å². The topological polar surface area (TPSA) is 51.7 Å². The van der Waals surface area contributed by atoms with Crippen LogP contribution in [0.5, 0.6) is 0 Å². The summed E-state index contributed by atoms with van der Waals surface area (Å²) in [5.74, 6) is -0.344. The zero-order valence-electron chi connectivity index (χ0n) is 12.9. The SMILES string of the molecule is CCOC(=O)c1nc(N(CCOC)C(C)CC)sc1C. The van der Waals surface area contributed by atoms with Crippen LogP contribution in [0.15, 0.2) is 0 Å². The van der Waals surface area contributed by atoms with Gasteiger partial charge >= 0.3 is 5.97 Å². The largest absolute Gasteiger partial charge is 0.461 e. The highest BCUT2D eigenvalue weighted by atomic mass is 32.1. The monoisotopic (exact) mass is 300 g/mol. The predicted molar refractivity (Wildman–Crippen MR) is 81.8 cm³/mol. The van der Waals surface area contributed by atoms with Gasteiger partial charge in [-0.2, -0.15) is 0 Å². The number of carbonyl (C=O) groups is 1. The van der Waals surface area contributed by atoms with Crippen LogP contribution in [0.1, 0.15) is 42.6 Å². The van der Waals surface area contributed by atoms with Gasteiger partial charge in [0, 0.05) is 24.6 Å². The van der Waals surface area contributed by atoms with Gasteiger partial charge in [-0.25, -0.2) is 9.78 Å². The number of rotatable bonds is 8. The molecule has 0 bridgehead atoms.